The van der Waals surface area contributed by atoms with Gasteiger partial charge in [-0.1, -0.05) is 25.1 Å². The number of benzene rings is 1. The van der Waals surface area contributed by atoms with E-state index in [0.717, 1.165) is 18.4 Å². The van der Waals surface area contributed by atoms with Gasteiger partial charge in [0.1, 0.15) is 0 Å². The summed E-state index contributed by atoms with van der Waals surface area (Å²) < 4.78 is 24.5. The van der Waals surface area contributed by atoms with Gasteiger partial charge in [-0.2, -0.15) is 4.31 Å². The van der Waals surface area contributed by atoms with Crippen LogP contribution in [0.15, 0.2) is 18.2 Å². The minimum atomic E-state index is -3.05. The van der Waals surface area contributed by atoms with E-state index in [1.807, 2.05) is 0 Å². The Balaban J connectivity index is 2.32. The molecule has 0 unspecified atom stereocenters. The predicted octanol–water partition coefficient (Wildman–Crippen LogP) is 1.57. The summed E-state index contributed by atoms with van der Waals surface area (Å²) in [6.45, 7) is 3.25. The molecule has 0 radical (unpaired) electrons. The Morgan fingerprint density at radius 2 is 2.06 bits per heavy atom. The summed E-state index contributed by atoms with van der Waals surface area (Å²) in [5.41, 5.74) is 3.72. The third-order valence-corrected chi connectivity index (χ3v) is 4.37. The molecule has 16 heavy (non-hydrogen) atoms. The molecule has 1 heterocycles. The SMILES string of the molecule is CCc1ccc2c(c1)CN(S(C)(=O)=O)CC2. The average Bonchev–Trinajstić information content (AvgIpc) is 2.26. The molecule has 1 aliphatic rings. The second-order valence-electron chi connectivity index (χ2n) is 4.30. The monoisotopic (exact) mass is 239 g/mol. The van der Waals surface area contributed by atoms with Crippen molar-refractivity contribution in [3.8, 4) is 0 Å². The number of rotatable bonds is 2. The molecule has 0 N–H and O–H groups in total. The van der Waals surface area contributed by atoms with E-state index in [9.17, 15) is 8.42 Å². The van der Waals surface area contributed by atoms with E-state index in [0.29, 0.717) is 13.1 Å². The molecule has 88 valence electrons. The molecule has 1 aromatic carbocycles. The highest BCUT2D eigenvalue weighted by atomic mass is 32.2. The first kappa shape index (κ1) is 11.6. The molecule has 0 amide bonds. The first-order chi connectivity index (χ1) is 7.50. The summed E-state index contributed by atoms with van der Waals surface area (Å²) in [7, 11) is -3.05. The molecular formula is C12H17NO2S. The molecule has 0 saturated heterocycles. The van der Waals surface area contributed by atoms with Gasteiger partial charge >= 0.3 is 0 Å². The number of fused-ring (bicyclic) bond motifs is 1. The molecule has 4 heteroatoms. The van der Waals surface area contributed by atoms with Gasteiger partial charge in [-0.05, 0) is 29.5 Å². The lowest BCUT2D eigenvalue weighted by Crippen LogP contribution is -2.35. The number of hydrogen-bond donors (Lipinski definition) is 0. The van der Waals surface area contributed by atoms with Crippen LogP contribution in [-0.4, -0.2) is 25.5 Å². The van der Waals surface area contributed by atoms with E-state index in [1.54, 1.807) is 4.31 Å². The molecule has 3 nitrogen and oxygen atoms in total. The van der Waals surface area contributed by atoms with E-state index in [2.05, 4.69) is 25.1 Å². The van der Waals surface area contributed by atoms with Crippen LogP contribution in [0.4, 0.5) is 0 Å². The van der Waals surface area contributed by atoms with E-state index in [4.69, 9.17) is 0 Å². The van der Waals surface area contributed by atoms with Crippen molar-refractivity contribution in [1.82, 2.24) is 4.31 Å². The maximum atomic E-state index is 11.5. The lowest BCUT2D eigenvalue weighted by atomic mass is 9.98. The highest BCUT2D eigenvalue weighted by molar-refractivity contribution is 7.88. The van der Waals surface area contributed by atoms with Gasteiger partial charge in [0.15, 0.2) is 0 Å². The zero-order chi connectivity index (χ0) is 11.8. The third kappa shape index (κ3) is 2.28. The first-order valence-electron chi connectivity index (χ1n) is 5.56. The van der Waals surface area contributed by atoms with Crippen molar-refractivity contribution in [2.24, 2.45) is 0 Å². The van der Waals surface area contributed by atoms with Crippen molar-refractivity contribution in [3.63, 3.8) is 0 Å². The fourth-order valence-electron chi connectivity index (χ4n) is 2.09. The molecule has 0 aliphatic carbocycles. The number of nitrogens with zero attached hydrogens (tertiary/aromatic N) is 1. The van der Waals surface area contributed by atoms with Crippen LogP contribution < -0.4 is 0 Å². The van der Waals surface area contributed by atoms with Crippen LogP contribution in [0.5, 0.6) is 0 Å². The van der Waals surface area contributed by atoms with E-state index < -0.39 is 10.0 Å². The molecule has 0 aromatic heterocycles. The molecule has 1 aromatic rings. The zero-order valence-electron chi connectivity index (χ0n) is 9.73. The summed E-state index contributed by atoms with van der Waals surface area (Å²) >= 11 is 0. The van der Waals surface area contributed by atoms with E-state index in [-0.39, 0.29) is 0 Å². The second kappa shape index (κ2) is 4.18. The molecule has 0 spiro atoms. The Bertz CT molecular complexity index is 494. The van der Waals surface area contributed by atoms with Gasteiger partial charge in [0.2, 0.25) is 10.0 Å². The van der Waals surface area contributed by atoms with Crippen molar-refractivity contribution in [2.45, 2.75) is 26.3 Å². The Hall–Kier alpha value is -0.870. The molecule has 0 saturated carbocycles. The van der Waals surface area contributed by atoms with Crippen molar-refractivity contribution in [2.75, 3.05) is 12.8 Å². The molecule has 0 bridgehead atoms. The predicted molar refractivity (Wildman–Crippen MR) is 64.8 cm³/mol. The van der Waals surface area contributed by atoms with Gasteiger partial charge in [0.05, 0.1) is 6.26 Å². The first-order valence-corrected chi connectivity index (χ1v) is 7.41. The molecule has 1 aliphatic heterocycles. The van der Waals surface area contributed by atoms with Crippen LogP contribution in [0.1, 0.15) is 23.6 Å². The lowest BCUT2D eigenvalue weighted by molar-refractivity contribution is 0.395. The van der Waals surface area contributed by atoms with Crippen LogP contribution in [0.2, 0.25) is 0 Å². The third-order valence-electron chi connectivity index (χ3n) is 3.13. The maximum absolute atomic E-state index is 11.5. The smallest absolute Gasteiger partial charge is 0.211 e. The Kier molecular flexibility index (Phi) is 3.04. The van der Waals surface area contributed by atoms with Gasteiger partial charge < -0.3 is 0 Å². The standard InChI is InChI=1S/C12H17NO2S/c1-3-10-4-5-11-6-7-13(16(2,14)15)9-12(11)8-10/h4-5,8H,3,6-7,9H2,1-2H3. The summed E-state index contributed by atoms with van der Waals surface area (Å²) in [6, 6.07) is 6.40. The van der Waals surface area contributed by atoms with Crippen LogP contribution >= 0.6 is 0 Å². The molecule has 0 atom stereocenters. The van der Waals surface area contributed by atoms with Gasteiger partial charge in [-0.15, -0.1) is 0 Å². The fraction of sp³-hybridized carbons (Fsp3) is 0.500. The lowest BCUT2D eigenvalue weighted by Gasteiger charge is -2.27. The normalized spacial score (nSPS) is 17.1. The summed E-state index contributed by atoms with van der Waals surface area (Å²) in [5.74, 6) is 0. The van der Waals surface area contributed by atoms with Gasteiger partial charge in [-0.3, -0.25) is 0 Å². The summed E-state index contributed by atoms with van der Waals surface area (Å²) in [5, 5.41) is 0. The van der Waals surface area contributed by atoms with Crippen LogP contribution in [0.3, 0.4) is 0 Å². The van der Waals surface area contributed by atoms with Crippen LogP contribution in [0, 0.1) is 0 Å². The minimum Gasteiger partial charge on any atom is -0.212 e. The highest BCUT2D eigenvalue weighted by Gasteiger charge is 2.22. The van der Waals surface area contributed by atoms with Crippen LogP contribution in [-0.2, 0) is 29.4 Å². The van der Waals surface area contributed by atoms with E-state index in [1.165, 1.54) is 17.4 Å². The quantitative estimate of drug-likeness (QED) is 0.785. The molecule has 2 rings (SSSR count). The van der Waals surface area contributed by atoms with Crippen molar-refractivity contribution in [3.05, 3.63) is 34.9 Å². The highest BCUT2D eigenvalue weighted by Crippen LogP contribution is 2.22. The largest absolute Gasteiger partial charge is 0.212 e. The minimum absolute atomic E-state index is 0.530. The number of sulfonamides is 1. The topological polar surface area (TPSA) is 37.4 Å². The summed E-state index contributed by atoms with van der Waals surface area (Å²) in [6.07, 6.45) is 3.10. The number of aryl methyl sites for hydroxylation is 1. The Labute approximate surface area is 97.1 Å². The zero-order valence-corrected chi connectivity index (χ0v) is 10.5. The van der Waals surface area contributed by atoms with E-state index >= 15 is 0 Å². The van der Waals surface area contributed by atoms with Crippen molar-refractivity contribution < 1.29 is 8.42 Å². The maximum Gasteiger partial charge on any atom is 0.211 e. The van der Waals surface area contributed by atoms with Gasteiger partial charge in [0, 0.05) is 13.1 Å². The van der Waals surface area contributed by atoms with Crippen molar-refractivity contribution in [1.29, 1.82) is 0 Å². The average molecular weight is 239 g/mol. The Morgan fingerprint density at radius 1 is 1.31 bits per heavy atom. The molecular weight excluding hydrogens is 222 g/mol. The second-order valence-corrected chi connectivity index (χ2v) is 6.29. The number of hydrogen-bond acceptors (Lipinski definition) is 2. The molecule has 0 fully saturated rings. The van der Waals surface area contributed by atoms with Crippen molar-refractivity contribution >= 4 is 10.0 Å². The van der Waals surface area contributed by atoms with Crippen LogP contribution in [0.25, 0.3) is 0 Å². The summed E-state index contributed by atoms with van der Waals surface area (Å²) in [4.78, 5) is 0. The van der Waals surface area contributed by atoms with Gasteiger partial charge in [-0.25, -0.2) is 8.42 Å². The van der Waals surface area contributed by atoms with Gasteiger partial charge in [0.25, 0.3) is 0 Å². The Morgan fingerprint density at radius 3 is 2.69 bits per heavy atom. The fourth-order valence-corrected chi connectivity index (χ4v) is 2.88.